The normalized spacial score (nSPS) is 21.0. The van der Waals surface area contributed by atoms with Gasteiger partial charge in [0.2, 0.25) is 5.91 Å². The molecule has 0 aliphatic carbocycles. The van der Waals surface area contributed by atoms with E-state index in [-0.39, 0.29) is 44.9 Å². The predicted octanol–water partition coefficient (Wildman–Crippen LogP) is 2.81. The number of ether oxygens (including phenoxy) is 1. The Labute approximate surface area is 196 Å². The second-order valence-electron chi connectivity index (χ2n) is 8.17. The Balaban J connectivity index is 1.55. The summed E-state index contributed by atoms with van der Waals surface area (Å²) >= 11 is 6.00. The molecule has 186 valence electrons. The first-order valence-corrected chi connectivity index (χ1v) is 12.4. The summed E-state index contributed by atoms with van der Waals surface area (Å²) in [5.74, 6) is -1.29. The van der Waals surface area contributed by atoms with Crippen LogP contribution in [-0.4, -0.2) is 86.4 Å². The van der Waals surface area contributed by atoms with Gasteiger partial charge in [-0.3, -0.25) is 9.69 Å². The molecule has 0 aromatic heterocycles. The molecule has 13 heteroatoms. The van der Waals surface area contributed by atoms with Crippen LogP contribution in [0.3, 0.4) is 0 Å². The van der Waals surface area contributed by atoms with Crippen LogP contribution in [0.4, 0.5) is 18.9 Å². The number of rotatable bonds is 6. The SMILES string of the molecule is COc1ccc(Cl)cc1NC(=O)[C@H](C)N1CCN(S(=O)(=O)N2CCC(C(F)(F)F)CC2)CC1. The van der Waals surface area contributed by atoms with Gasteiger partial charge >= 0.3 is 6.18 Å². The van der Waals surface area contributed by atoms with Crippen LogP contribution >= 0.6 is 11.6 Å². The van der Waals surface area contributed by atoms with Crippen LogP contribution in [0.5, 0.6) is 5.75 Å². The summed E-state index contributed by atoms with van der Waals surface area (Å²) in [6.45, 7) is 2.37. The number of nitrogens with zero attached hydrogens (tertiary/aromatic N) is 3. The highest BCUT2D eigenvalue weighted by Crippen LogP contribution is 2.35. The maximum absolute atomic E-state index is 12.9. The third kappa shape index (κ3) is 6.10. The summed E-state index contributed by atoms with van der Waals surface area (Å²) in [5, 5.41) is 3.23. The lowest BCUT2D eigenvalue weighted by atomic mass is 9.98. The van der Waals surface area contributed by atoms with Gasteiger partial charge in [0.1, 0.15) is 5.75 Å². The first kappa shape index (κ1) is 26.0. The van der Waals surface area contributed by atoms with Crippen molar-refractivity contribution in [3.8, 4) is 5.75 Å². The molecule has 2 aliphatic heterocycles. The molecule has 1 atom stereocenters. The average Bonchev–Trinajstić information content (AvgIpc) is 2.78. The van der Waals surface area contributed by atoms with Gasteiger partial charge in [-0.25, -0.2) is 0 Å². The van der Waals surface area contributed by atoms with E-state index >= 15 is 0 Å². The smallest absolute Gasteiger partial charge is 0.391 e. The van der Waals surface area contributed by atoms with Crippen LogP contribution in [0.2, 0.25) is 5.02 Å². The van der Waals surface area contributed by atoms with Crippen LogP contribution in [0, 0.1) is 5.92 Å². The van der Waals surface area contributed by atoms with Crippen molar-refractivity contribution < 1.29 is 31.1 Å². The molecule has 33 heavy (non-hydrogen) atoms. The lowest BCUT2D eigenvalue weighted by Crippen LogP contribution is -2.57. The van der Waals surface area contributed by atoms with Crippen molar-refractivity contribution >= 4 is 33.4 Å². The van der Waals surface area contributed by atoms with Crippen molar-refractivity contribution in [2.75, 3.05) is 51.7 Å². The fourth-order valence-electron chi connectivity index (χ4n) is 4.08. The Kier molecular flexibility index (Phi) is 8.15. The molecule has 2 fully saturated rings. The third-order valence-corrected chi connectivity index (χ3v) is 8.46. The molecule has 1 amide bonds. The quantitative estimate of drug-likeness (QED) is 0.634. The fourth-order valence-corrected chi connectivity index (χ4v) is 5.88. The summed E-state index contributed by atoms with van der Waals surface area (Å²) in [7, 11) is -2.37. The zero-order chi connectivity index (χ0) is 24.4. The number of hydrogen-bond donors (Lipinski definition) is 1. The summed E-state index contributed by atoms with van der Waals surface area (Å²) < 4.78 is 72.1. The number of carbonyl (C=O) groups excluding carboxylic acids is 1. The van der Waals surface area contributed by atoms with E-state index < -0.39 is 28.3 Å². The van der Waals surface area contributed by atoms with Gasteiger partial charge in [0.25, 0.3) is 10.2 Å². The summed E-state index contributed by atoms with van der Waals surface area (Å²) in [4.78, 5) is 14.6. The highest BCUT2D eigenvalue weighted by atomic mass is 35.5. The van der Waals surface area contributed by atoms with Crippen molar-refractivity contribution in [3.05, 3.63) is 23.2 Å². The Hall–Kier alpha value is -1.60. The number of amides is 1. The lowest BCUT2D eigenvalue weighted by Gasteiger charge is -2.40. The van der Waals surface area contributed by atoms with Crippen molar-refractivity contribution in [2.24, 2.45) is 5.92 Å². The van der Waals surface area contributed by atoms with Crippen LogP contribution < -0.4 is 10.1 Å². The van der Waals surface area contributed by atoms with E-state index in [0.29, 0.717) is 29.5 Å². The standard InChI is InChI=1S/C20H28ClF3N4O4S/c1-14(19(29)25-17-13-16(21)3-4-18(17)32-2)26-9-11-28(12-10-26)33(30,31)27-7-5-15(6-8-27)20(22,23)24/h3-4,13-15H,5-12H2,1-2H3,(H,25,29)/t14-/m0/s1. The summed E-state index contributed by atoms with van der Waals surface area (Å²) in [5.41, 5.74) is 0.435. The number of nitrogens with one attached hydrogen (secondary N) is 1. The Bertz CT molecular complexity index is 947. The molecular formula is C20H28ClF3N4O4S. The summed E-state index contributed by atoms with van der Waals surface area (Å²) in [6, 6.07) is 4.33. The largest absolute Gasteiger partial charge is 0.495 e. The van der Waals surface area contributed by atoms with Gasteiger partial charge in [0.05, 0.1) is 24.8 Å². The molecule has 0 bridgehead atoms. The number of methoxy groups -OCH3 is 1. The zero-order valence-electron chi connectivity index (χ0n) is 18.4. The molecule has 8 nitrogen and oxygen atoms in total. The zero-order valence-corrected chi connectivity index (χ0v) is 20.0. The van der Waals surface area contributed by atoms with Gasteiger partial charge in [-0.2, -0.15) is 30.2 Å². The molecule has 3 rings (SSSR count). The molecule has 1 aromatic rings. The predicted molar refractivity (Wildman–Crippen MR) is 119 cm³/mol. The third-order valence-electron chi connectivity index (χ3n) is 6.19. The maximum atomic E-state index is 12.9. The number of alkyl halides is 3. The minimum absolute atomic E-state index is 0.146. The van der Waals surface area contributed by atoms with E-state index in [1.54, 1.807) is 25.1 Å². The van der Waals surface area contributed by atoms with Gasteiger partial charge in [-0.05, 0) is 38.0 Å². The second kappa shape index (κ2) is 10.3. The van der Waals surface area contributed by atoms with E-state index in [2.05, 4.69) is 5.32 Å². The number of carbonyl (C=O) groups is 1. The molecule has 0 spiro atoms. The van der Waals surface area contributed by atoms with Gasteiger partial charge in [0, 0.05) is 44.3 Å². The van der Waals surface area contributed by atoms with Crippen LogP contribution in [0.25, 0.3) is 0 Å². The average molecular weight is 513 g/mol. The van der Waals surface area contributed by atoms with E-state index in [0.717, 1.165) is 4.31 Å². The van der Waals surface area contributed by atoms with Crippen molar-refractivity contribution in [3.63, 3.8) is 0 Å². The van der Waals surface area contributed by atoms with Crippen molar-refractivity contribution in [1.82, 2.24) is 13.5 Å². The van der Waals surface area contributed by atoms with Gasteiger partial charge in [0.15, 0.2) is 0 Å². The Morgan fingerprint density at radius 2 is 1.70 bits per heavy atom. The van der Waals surface area contributed by atoms with Crippen molar-refractivity contribution in [2.45, 2.75) is 32.0 Å². The monoisotopic (exact) mass is 512 g/mol. The highest BCUT2D eigenvalue weighted by Gasteiger charge is 2.44. The van der Waals surface area contributed by atoms with Gasteiger partial charge < -0.3 is 10.1 Å². The number of hydrogen-bond acceptors (Lipinski definition) is 5. The molecule has 2 aliphatic rings. The second-order valence-corrected chi connectivity index (χ2v) is 10.5. The topological polar surface area (TPSA) is 82.2 Å². The molecule has 0 saturated carbocycles. The lowest BCUT2D eigenvalue weighted by molar-refractivity contribution is -0.182. The number of benzene rings is 1. The maximum Gasteiger partial charge on any atom is 0.391 e. The minimum atomic E-state index is -4.30. The van der Waals surface area contributed by atoms with Crippen molar-refractivity contribution in [1.29, 1.82) is 0 Å². The Morgan fingerprint density at radius 1 is 1.12 bits per heavy atom. The molecule has 1 aromatic carbocycles. The fraction of sp³-hybridized carbons (Fsp3) is 0.650. The number of halogens is 4. The molecule has 2 heterocycles. The van der Waals surface area contributed by atoms with Gasteiger partial charge in [-0.15, -0.1) is 0 Å². The van der Waals surface area contributed by atoms with Gasteiger partial charge in [-0.1, -0.05) is 11.6 Å². The first-order valence-electron chi connectivity index (χ1n) is 10.6. The van der Waals surface area contributed by atoms with Crippen LogP contribution in [-0.2, 0) is 15.0 Å². The first-order chi connectivity index (χ1) is 15.4. The highest BCUT2D eigenvalue weighted by molar-refractivity contribution is 7.86. The molecular weight excluding hydrogens is 485 g/mol. The van der Waals surface area contributed by atoms with E-state index in [9.17, 15) is 26.4 Å². The van der Waals surface area contributed by atoms with Crippen LogP contribution in [0.1, 0.15) is 19.8 Å². The minimum Gasteiger partial charge on any atom is -0.495 e. The molecule has 0 unspecified atom stereocenters. The molecule has 2 saturated heterocycles. The molecule has 1 N–H and O–H groups in total. The summed E-state index contributed by atoms with van der Waals surface area (Å²) in [6.07, 6.45) is -4.76. The number of piperidine rings is 1. The Morgan fingerprint density at radius 3 is 2.24 bits per heavy atom. The van der Waals surface area contributed by atoms with Crippen LogP contribution in [0.15, 0.2) is 18.2 Å². The van der Waals surface area contributed by atoms with E-state index in [1.165, 1.54) is 11.4 Å². The van der Waals surface area contributed by atoms with E-state index in [1.807, 2.05) is 4.90 Å². The van der Waals surface area contributed by atoms with E-state index in [4.69, 9.17) is 16.3 Å². The molecule has 0 radical (unpaired) electrons. The number of piperazine rings is 1. The number of anilines is 1.